The molecule has 2 saturated carbocycles. The summed E-state index contributed by atoms with van der Waals surface area (Å²) in [4.78, 5) is 24.0. The number of carbonyl (C=O) groups excluding carboxylic acids is 2. The van der Waals surface area contributed by atoms with E-state index in [0.29, 0.717) is 12.8 Å². The van der Waals surface area contributed by atoms with Crippen LogP contribution in [0.2, 0.25) is 10.0 Å². The van der Waals surface area contributed by atoms with Crippen molar-refractivity contribution in [2.45, 2.75) is 18.4 Å². The number of rotatable bonds is 7. The van der Waals surface area contributed by atoms with Crippen LogP contribution in [-0.4, -0.2) is 30.8 Å². The summed E-state index contributed by atoms with van der Waals surface area (Å²) in [7, 11) is 0. The molecule has 10 heteroatoms. The minimum absolute atomic E-state index is 0.0309. The third-order valence-electron chi connectivity index (χ3n) is 5.33. The molecule has 0 radical (unpaired) electrons. The number of nitrogens with one attached hydrogen (secondary N) is 2. The van der Waals surface area contributed by atoms with Crippen LogP contribution in [0.25, 0.3) is 0 Å². The second-order valence-electron chi connectivity index (χ2n) is 7.46. The van der Waals surface area contributed by atoms with Crippen LogP contribution >= 0.6 is 23.2 Å². The molecule has 4 rings (SSSR count). The highest BCUT2D eigenvalue weighted by molar-refractivity contribution is 6.31. The number of benzene rings is 2. The van der Waals surface area contributed by atoms with E-state index in [4.69, 9.17) is 32.7 Å². The van der Waals surface area contributed by atoms with Gasteiger partial charge < -0.3 is 14.8 Å². The Kier molecular flexibility index (Phi) is 5.23. The van der Waals surface area contributed by atoms with Gasteiger partial charge in [0.1, 0.15) is 24.0 Å². The van der Waals surface area contributed by atoms with Crippen LogP contribution in [-0.2, 0) is 9.53 Å². The zero-order chi connectivity index (χ0) is 21.5. The summed E-state index contributed by atoms with van der Waals surface area (Å²) in [5, 5.41) is 5.21. The van der Waals surface area contributed by atoms with Crippen LogP contribution < -0.4 is 15.4 Å². The van der Waals surface area contributed by atoms with Gasteiger partial charge in [0, 0.05) is 17.2 Å². The number of carbonyl (C=O) groups is 2. The van der Waals surface area contributed by atoms with Crippen molar-refractivity contribution >= 4 is 40.9 Å². The Labute approximate surface area is 180 Å². The molecule has 2 aromatic carbocycles. The zero-order valence-corrected chi connectivity index (χ0v) is 16.9. The molecule has 0 saturated heterocycles. The number of ether oxygens (including phenoxy) is 2. The number of anilines is 1. The summed E-state index contributed by atoms with van der Waals surface area (Å²) in [6.45, 7) is -0.152. The fourth-order valence-corrected chi connectivity index (χ4v) is 3.66. The number of amides is 2. The van der Waals surface area contributed by atoms with Gasteiger partial charge in [-0.15, -0.1) is 0 Å². The lowest BCUT2D eigenvalue weighted by molar-refractivity contribution is -0.123. The Hall–Kier alpha value is -2.58. The van der Waals surface area contributed by atoms with Crippen LogP contribution in [0.3, 0.4) is 0 Å². The normalized spacial score (nSPS) is 23.2. The molecular formula is C20H16Cl2F2N2O4. The molecule has 0 unspecified atom stereocenters. The van der Waals surface area contributed by atoms with E-state index in [2.05, 4.69) is 10.6 Å². The maximum Gasteiger partial charge on any atom is 0.411 e. The standard InChI is InChI=1S/C20H16Cl2F2N2O4/c21-13-3-1-11(5-15(13)23)25-18(28)30-10-19-8-20(19,9-19)26-17(27)7-29-12-2-4-14(22)16(24)6-12/h1-6H,7-10H2,(H,25,28)(H,26,27). The topological polar surface area (TPSA) is 76.7 Å². The molecule has 158 valence electrons. The van der Waals surface area contributed by atoms with Gasteiger partial charge in [-0.1, -0.05) is 23.2 Å². The highest BCUT2D eigenvalue weighted by Gasteiger charge is 2.84. The van der Waals surface area contributed by atoms with E-state index in [-0.39, 0.29) is 46.0 Å². The molecule has 0 aromatic heterocycles. The zero-order valence-electron chi connectivity index (χ0n) is 15.4. The van der Waals surface area contributed by atoms with Gasteiger partial charge in [0.05, 0.1) is 15.6 Å². The first-order chi connectivity index (χ1) is 14.2. The van der Waals surface area contributed by atoms with Gasteiger partial charge in [-0.05, 0) is 43.2 Å². The van der Waals surface area contributed by atoms with E-state index in [1.54, 1.807) is 0 Å². The Morgan fingerprint density at radius 2 is 1.70 bits per heavy atom. The van der Waals surface area contributed by atoms with Crippen molar-refractivity contribution in [1.29, 1.82) is 0 Å². The van der Waals surface area contributed by atoms with Crippen LogP contribution in [0.5, 0.6) is 5.75 Å². The van der Waals surface area contributed by atoms with Gasteiger partial charge >= 0.3 is 6.09 Å². The number of hydrogen-bond acceptors (Lipinski definition) is 4. The molecule has 0 spiro atoms. The van der Waals surface area contributed by atoms with Gasteiger partial charge in [-0.3, -0.25) is 10.1 Å². The van der Waals surface area contributed by atoms with Gasteiger partial charge in [-0.2, -0.15) is 0 Å². The van der Waals surface area contributed by atoms with Crippen LogP contribution in [0.4, 0.5) is 19.3 Å². The molecule has 0 heterocycles. The van der Waals surface area contributed by atoms with Crippen molar-refractivity contribution in [1.82, 2.24) is 5.32 Å². The minimum Gasteiger partial charge on any atom is -0.484 e. The predicted molar refractivity (Wildman–Crippen MR) is 106 cm³/mol. The Morgan fingerprint density at radius 1 is 1.03 bits per heavy atom. The summed E-state index contributed by atoms with van der Waals surface area (Å²) < 4.78 is 37.3. The Bertz CT molecular complexity index is 1030. The third kappa shape index (κ3) is 4.15. The summed E-state index contributed by atoms with van der Waals surface area (Å²) in [5.41, 5.74) is -0.454. The molecule has 2 N–H and O–H groups in total. The van der Waals surface area contributed by atoms with E-state index < -0.39 is 23.3 Å². The largest absolute Gasteiger partial charge is 0.484 e. The van der Waals surface area contributed by atoms with Gasteiger partial charge in [0.2, 0.25) is 0 Å². The van der Waals surface area contributed by atoms with Crippen molar-refractivity contribution in [2.75, 3.05) is 18.5 Å². The summed E-state index contributed by atoms with van der Waals surface area (Å²) in [5.74, 6) is -1.44. The maximum absolute atomic E-state index is 13.4. The maximum atomic E-state index is 13.4. The van der Waals surface area contributed by atoms with E-state index in [0.717, 1.165) is 12.1 Å². The van der Waals surface area contributed by atoms with E-state index in [9.17, 15) is 18.4 Å². The van der Waals surface area contributed by atoms with Crippen LogP contribution in [0, 0.1) is 17.0 Å². The molecular weight excluding hydrogens is 441 g/mol. The van der Waals surface area contributed by atoms with Crippen molar-refractivity contribution in [3.05, 3.63) is 58.1 Å². The first-order valence-corrected chi connectivity index (χ1v) is 9.75. The van der Waals surface area contributed by atoms with Crippen molar-refractivity contribution in [2.24, 2.45) is 5.41 Å². The average Bonchev–Trinajstić information content (AvgIpc) is 3.50. The van der Waals surface area contributed by atoms with Crippen LogP contribution in [0.1, 0.15) is 12.8 Å². The molecule has 0 atom stereocenters. The molecule has 2 aromatic rings. The molecule has 2 amide bonds. The Morgan fingerprint density at radius 3 is 2.37 bits per heavy atom. The minimum atomic E-state index is -0.724. The summed E-state index contributed by atoms with van der Waals surface area (Å²) in [6.07, 6.45) is 0.646. The van der Waals surface area contributed by atoms with Gasteiger partial charge in [0.25, 0.3) is 5.91 Å². The number of fused-ring (bicyclic) bond motifs is 1. The lowest BCUT2D eigenvalue weighted by Crippen LogP contribution is -2.35. The van der Waals surface area contributed by atoms with Crippen LogP contribution in [0.15, 0.2) is 36.4 Å². The van der Waals surface area contributed by atoms with E-state index in [1.807, 2.05) is 0 Å². The van der Waals surface area contributed by atoms with Gasteiger partial charge in [0.15, 0.2) is 6.61 Å². The lowest BCUT2D eigenvalue weighted by atomic mass is 10.2. The third-order valence-corrected chi connectivity index (χ3v) is 5.94. The summed E-state index contributed by atoms with van der Waals surface area (Å²) >= 11 is 11.2. The molecule has 30 heavy (non-hydrogen) atoms. The second-order valence-corrected chi connectivity index (χ2v) is 8.27. The predicted octanol–water partition coefficient (Wildman–Crippen LogP) is 4.55. The fraction of sp³-hybridized carbons (Fsp3) is 0.300. The van der Waals surface area contributed by atoms with Crippen molar-refractivity contribution in [3.8, 4) is 5.75 Å². The van der Waals surface area contributed by atoms with Gasteiger partial charge in [-0.25, -0.2) is 13.6 Å². The molecule has 2 aliphatic rings. The average molecular weight is 457 g/mol. The first kappa shape index (κ1) is 20.7. The lowest BCUT2D eigenvalue weighted by Gasteiger charge is -2.09. The Balaban J connectivity index is 1.20. The first-order valence-electron chi connectivity index (χ1n) is 9.00. The molecule has 6 nitrogen and oxygen atoms in total. The smallest absolute Gasteiger partial charge is 0.411 e. The highest BCUT2D eigenvalue weighted by Crippen LogP contribution is 2.78. The number of hydrogen-bond donors (Lipinski definition) is 2. The molecule has 2 fully saturated rings. The quantitative estimate of drug-likeness (QED) is 0.640. The fourth-order valence-electron chi connectivity index (χ4n) is 3.43. The monoisotopic (exact) mass is 456 g/mol. The molecule has 0 bridgehead atoms. The number of halogens is 4. The SMILES string of the molecule is O=C(COc1ccc(Cl)c(F)c1)NC12CC1(COC(=O)Nc1ccc(Cl)c(F)c1)C2. The summed E-state index contributed by atoms with van der Waals surface area (Å²) in [6, 6.07) is 7.79. The van der Waals surface area contributed by atoms with E-state index in [1.165, 1.54) is 24.3 Å². The molecule has 0 aliphatic heterocycles. The van der Waals surface area contributed by atoms with Crippen molar-refractivity contribution in [3.63, 3.8) is 0 Å². The molecule has 2 aliphatic carbocycles. The van der Waals surface area contributed by atoms with E-state index >= 15 is 0 Å². The van der Waals surface area contributed by atoms with Crippen molar-refractivity contribution < 1.29 is 27.8 Å². The highest BCUT2D eigenvalue weighted by atomic mass is 35.5. The second kappa shape index (κ2) is 7.59.